The maximum atomic E-state index is 11.6. The number of aryl methyl sites for hydroxylation is 1. The second kappa shape index (κ2) is 6.47. The van der Waals surface area contributed by atoms with Gasteiger partial charge in [-0.15, -0.1) is 0 Å². The van der Waals surface area contributed by atoms with Gasteiger partial charge in [0.2, 0.25) is 0 Å². The number of aromatic amines is 1. The van der Waals surface area contributed by atoms with Crippen LogP contribution in [0.3, 0.4) is 0 Å². The third-order valence-electron chi connectivity index (χ3n) is 4.53. The van der Waals surface area contributed by atoms with E-state index >= 15 is 0 Å². The number of fused-ring (bicyclic) bond motifs is 1. The van der Waals surface area contributed by atoms with E-state index in [2.05, 4.69) is 4.98 Å². The fourth-order valence-corrected chi connectivity index (χ4v) is 3.49. The lowest BCUT2D eigenvalue weighted by atomic mass is 10.0. The van der Waals surface area contributed by atoms with E-state index in [0.29, 0.717) is 22.4 Å². The highest BCUT2D eigenvalue weighted by Gasteiger charge is 2.22. The van der Waals surface area contributed by atoms with Crippen LogP contribution in [0.5, 0.6) is 17.2 Å². The van der Waals surface area contributed by atoms with Crippen LogP contribution in [-0.4, -0.2) is 19.9 Å². The first-order valence-electron chi connectivity index (χ1n) is 8.27. The van der Waals surface area contributed by atoms with Gasteiger partial charge in [0.25, 0.3) is 0 Å². The molecular weight excluding hydrogens is 353 g/mol. The molecule has 0 fully saturated rings. The minimum Gasteiger partial charge on any atom is -0.508 e. The average molecular weight is 375 g/mol. The van der Waals surface area contributed by atoms with Crippen molar-refractivity contribution in [2.45, 2.75) is 33.6 Å². The van der Waals surface area contributed by atoms with Crippen LogP contribution in [0.1, 0.15) is 36.5 Å². The minimum absolute atomic E-state index is 0.130. The van der Waals surface area contributed by atoms with Crippen molar-refractivity contribution in [3.05, 3.63) is 47.0 Å². The Morgan fingerprint density at radius 3 is 2.42 bits per heavy atom. The van der Waals surface area contributed by atoms with Crippen LogP contribution in [-0.2, 0) is 4.57 Å². The topological polar surface area (TPSA) is 103 Å². The van der Waals surface area contributed by atoms with Crippen molar-refractivity contribution in [1.29, 1.82) is 0 Å². The Bertz CT molecular complexity index is 1030. The molecule has 26 heavy (non-hydrogen) atoms. The lowest BCUT2D eigenvalue weighted by Crippen LogP contribution is -2.03. The monoisotopic (exact) mass is 375 g/mol. The zero-order valence-electron chi connectivity index (χ0n) is 15.1. The molecule has 0 atom stereocenters. The fraction of sp³-hybridized carbons (Fsp3) is 0.263. The summed E-state index contributed by atoms with van der Waals surface area (Å²) in [5, 5.41) is 10.6. The Morgan fingerprint density at radius 1 is 1.12 bits per heavy atom. The number of aromatic hydroxyl groups is 1. The molecule has 7 heteroatoms. The summed E-state index contributed by atoms with van der Waals surface area (Å²) >= 11 is 0. The van der Waals surface area contributed by atoms with Gasteiger partial charge in [-0.25, -0.2) is 0 Å². The molecule has 3 rings (SSSR count). The molecule has 1 heterocycles. The molecule has 0 spiro atoms. The van der Waals surface area contributed by atoms with Crippen LogP contribution in [0.25, 0.3) is 10.9 Å². The fourth-order valence-electron chi connectivity index (χ4n) is 2.93. The Morgan fingerprint density at radius 2 is 1.81 bits per heavy atom. The van der Waals surface area contributed by atoms with Gasteiger partial charge in [0.15, 0.2) is 0 Å². The predicted octanol–water partition coefficient (Wildman–Crippen LogP) is 4.21. The van der Waals surface area contributed by atoms with Crippen molar-refractivity contribution in [1.82, 2.24) is 4.98 Å². The summed E-state index contributed by atoms with van der Waals surface area (Å²) < 4.78 is 17.7. The molecular formula is C19H22NO5P. The van der Waals surface area contributed by atoms with E-state index in [1.54, 1.807) is 18.2 Å². The molecule has 1 aromatic heterocycles. The SMILES string of the molecule is Cc1cc2[nH]c(P(=O)(O)O)cc2c(Oc2ccc(O)c(C(C)C)c2)c1C. The van der Waals surface area contributed by atoms with Crippen molar-refractivity contribution >= 4 is 23.9 Å². The van der Waals surface area contributed by atoms with Gasteiger partial charge in [-0.2, -0.15) is 0 Å². The summed E-state index contributed by atoms with van der Waals surface area (Å²) in [6.45, 7) is 7.77. The number of aromatic nitrogens is 1. The lowest BCUT2D eigenvalue weighted by molar-refractivity contribution is 0.386. The van der Waals surface area contributed by atoms with E-state index in [0.717, 1.165) is 16.7 Å². The number of benzene rings is 2. The van der Waals surface area contributed by atoms with Crippen molar-refractivity contribution in [3.8, 4) is 17.2 Å². The summed E-state index contributed by atoms with van der Waals surface area (Å²) in [6, 6.07) is 8.31. The Hall–Kier alpha value is -2.27. The third-order valence-corrected chi connectivity index (χ3v) is 5.39. The van der Waals surface area contributed by atoms with Crippen LogP contribution >= 0.6 is 7.60 Å². The maximum Gasteiger partial charge on any atom is 0.372 e. The minimum atomic E-state index is -4.39. The summed E-state index contributed by atoms with van der Waals surface area (Å²) in [5.41, 5.74) is 3.05. The van der Waals surface area contributed by atoms with Gasteiger partial charge < -0.3 is 24.6 Å². The zero-order valence-corrected chi connectivity index (χ0v) is 16.0. The molecule has 0 bridgehead atoms. The van der Waals surface area contributed by atoms with Crippen molar-refractivity contribution in [3.63, 3.8) is 0 Å². The van der Waals surface area contributed by atoms with Crippen LogP contribution < -0.4 is 10.2 Å². The number of ether oxygens (including phenoxy) is 1. The number of H-pyrrole nitrogens is 1. The van der Waals surface area contributed by atoms with Crippen molar-refractivity contribution in [2.75, 3.05) is 0 Å². The quantitative estimate of drug-likeness (QED) is 0.512. The molecule has 0 aliphatic rings. The molecule has 0 radical (unpaired) electrons. The van der Waals surface area contributed by atoms with Crippen LogP contribution in [0.2, 0.25) is 0 Å². The molecule has 0 amide bonds. The number of hydrogen-bond acceptors (Lipinski definition) is 3. The summed E-state index contributed by atoms with van der Waals surface area (Å²) in [6.07, 6.45) is 0. The molecule has 3 aromatic rings. The molecule has 4 N–H and O–H groups in total. The summed E-state index contributed by atoms with van der Waals surface area (Å²) in [5.74, 6) is 1.44. The van der Waals surface area contributed by atoms with Gasteiger partial charge in [0.1, 0.15) is 22.7 Å². The van der Waals surface area contributed by atoms with E-state index in [4.69, 9.17) is 4.74 Å². The van der Waals surface area contributed by atoms with E-state index in [9.17, 15) is 19.5 Å². The van der Waals surface area contributed by atoms with E-state index in [1.165, 1.54) is 6.07 Å². The molecule has 0 unspecified atom stereocenters. The smallest absolute Gasteiger partial charge is 0.372 e. The molecule has 0 saturated carbocycles. The Kier molecular flexibility index (Phi) is 4.61. The zero-order chi connectivity index (χ0) is 19.2. The first-order chi connectivity index (χ1) is 12.1. The standard InChI is InChI=1S/C19H22NO5P/c1-10(2)14-8-13(5-6-17(14)21)25-19-12(4)11(3)7-16-15(19)9-18(20-16)26(22,23)24/h5-10,20-21H,1-4H3,(H2,22,23,24). The van der Waals surface area contributed by atoms with Gasteiger partial charge >= 0.3 is 7.60 Å². The highest BCUT2D eigenvalue weighted by Crippen LogP contribution is 2.40. The first kappa shape index (κ1) is 18.5. The number of hydrogen-bond donors (Lipinski definition) is 4. The lowest BCUT2D eigenvalue weighted by Gasteiger charge is -2.15. The van der Waals surface area contributed by atoms with Gasteiger partial charge in [0.05, 0.1) is 5.52 Å². The second-order valence-corrected chi connectivity index (χ2v) is 8.35. The van der Waals surface area contributed by atoms with Gasteiger partial charge in [-0.05, 0) is 61.2 Å². The van der Waals surface area contributed by atoms with Crippen LogP contribution in [0.4, 0.5) is 0 Å². The summed E-state index contributed by atoms with van der Waals surface area (Å²) in [4.78, 5) is 21.7. The molecule has 138 valence electrons. The molecule has 2 aromatic carbocycles. The largest absolute Gasteiger partial charge is 0.508 e. The predicted molar refractivity (Wildman–Crippen MR) is 102 cm³/mol. The first-order valence-corrected chi connectivity index (χ1v) is 9.89. The Labute approximate surface area is 151 Å². The highest BCUT2D eigenvalue weighted by molar-refractivity contribution is 7.60. The van der Waals surface area contributed by atoms with Gasteiger partial charge in [-0.1, -0.05) is 13.8 Å². The normalized spacial score (nSPS) is 12.1. The van der Waals surface area contributed by atoms with Crippen molar-refractivity contribution in [2.24, 2.45) is 0 Å². The number of rotatable bonds is 4. The number of phenols is 1. The average Bonchev–Trinajstić information content (AvgIpc) is 2.97. The van der Waals surface area contributed by atoms with Crippen LogP contribution in [0.15, 0.2) is 30.3 Å². The number of nitrogens with one attached hydrogen (secondary N) is 1. The third kappa shape index (κ3) is 3.36. The molecule has 0 aliphatic carbocycles. The van der Waals surface area contributed by atoms with Gasteiger partial charge in [0, 0.05) is 10.9 Å². The van der Waals surface area contributed by atoms with Crippen LogP contribution in [0, 0.1) is 13.8 Å². The highest BCUT2D eigenvalue weighted by atomic mass is 31.2. The Balaban J connectivity index is 2.15. The van der Waals surface area contributed by atoms with Gasteiger partial charge in [-0.3, -0.25) is 4.57 Å². The van der Waals surface area contributed by atoms with E-state index in [-0.39, 0.29) is 17.1 Å². The molecule has 0 aliphatic heterocycles. The molecule has 6 nitrogen and oxygen atoms in total. The van der Waals surface area contributed by atoms with E-state index in [1.807, 2.05) is 33.8 Å². The maximum absolute atomic E-state index is 11.6. The molecule has 0 saturated heterocycles. The summed E-state index contributed by atoms with van der Waals surface area (Å²) in [7, 11) is -4.39. The number of phenolic OH excluding ortho intramolecular Hbond substituents is 1. The second-order valence-electron chi connectivity index (χ2n) is 6.78. The van der Waals surface area contributed by atoms with E-state index < -0.39 is 7.60 Å². The van der Waals surface area contributed by atoms with Crippen molar-refractivity contribution < 1.29 is 24.2 Å².